The van der Waals surface area contributed by atoms with Crippen LogP contribution in [0.3, 0.4) is 0 Å². The minimum atomic E-state index is -1.43. The number of nitrogens with zero attached hydrogens (tertiary/aromatic N) is 8. The summed E-state index contributed by atoms with van der Waals surface area (Å²) in [4.78, 5) is 49.1. The Hall–Kier alpha value is -8.91. The Labute approximate surface area is 468 Å². The normalized spacial score (nSPS) is 10.8. The lowest BCUT2D eigenvalue weighted by Crippen LogP contribution is -2.35. The smallest absolute Gasteiger partial charge is 0.310 e. The first-order valence-corrected chi connectivity index (χ1v) is 27.0. The third kappa shape index (κ3) is 21.9. The standard InChI is InChI=1S/C26H30N6OSi.C25H24N6O2.C4H6O3.5CH4/c1-18(27)17-33-24-12-20(22-15-29-32(2)16-22)11-23(13-24)30-26-28-14-21-10-19(6-7-25(21)31-26)8-9-34(3,4)5;1-5-18-6-7-24-20(8-18)12-26-25(30-24)29-22-9-19(21-13-27-31(4)14-21)10-23(11-22)33-15-16(2)28-17(3)32;1-3(5)7-4(2)6;;;;;/h6-7,10-16,18H,17,27H2,1-5H3,(H,28,30,31);1,6-14,16H,15H2,2-4H3,(H,28,32)(H,26,29,30);1-2H3;5*1H4/t18-;16-;;;;;;/m11....../s1. The number of fused-ring (bicyclic) bond motifs is 2. The van der Waals surface area contributed by atoms with Gasteiger partial charge in [-0.1, -0.05) is 68.6 Å². The Bertz CT molecular complexity index is 3390. The van der Waals surface area contributed by atoms with E-state index in [1.807, 2.05) is 126 Å². The molecule has 420 valence electrons. The molecule has 8 aromatic rings. The molecule has 5 N–H and O–H groups in total. The van der Waals surface area contributed by atoms with E-state index in [0.717, 1.165) is 66.6 Å². The molecule has 4 aromatic carbocycles. The molecular formula is C60H80N12O6Si. The number of carbonyl (C=O) groups excluding carboxylic acids is 3. The summed E-state index contributed by atoms with van der Waals surface area (Å²) in [7, 11) is 2.33. The summed E-state index contributed by atoms with van der Waals surface area (Å²) in [5, 5.41) is 19.8. The SMILES string of the molecule is C.C.C.C.C.C#Cc1ccc2nc(Nc3cc(OC[C@@H](C)NC(C)=O)cc(-c4cnn(C)c4)c3)ncc2c1.CC(=O)OC(C)=O.C[C@@H](N)COc1cc(Nc2ncc3cc(C#C[Si](C)(C)C)ccc3n2)cc(-c2cnn(C)c2)c1. The van der Waals surface area contributed by atoms with E-state index in [9.17, 15) is 14.4 Å². The maximum atomic E-state index is 11.3. The molecule has 4 heterocycles. The summed E-state index contributed by atoms with van der Waals surface area (Å²) in [6, 6.07) is 23.2. The molecule has 0 unspecified atom stereocenters. The Balaban J connectivity index is 0.000000667. The average Bonchev–Trinajstić information content (AvgIpc) is 3.99. The molecule has 0 radical (unpaired) electrons. The van der Waals surface area contributed by atoms with E-state index in [4.69, 9.17) is 26.6 Å². The third-order valence-electron chi connectivity index (χ3n) is 10.1. The highest BCUT2D eigenvalue weighted by Gasteiger charge is 2.13. The van der Waals surface area contributed by atoms with Gasteiger partial charge in [-0.3, -0.25) is 23.7 Å². The highest BCUT2D eigenvalue weighted by molar-refractivity contribution is 6.83. The number of aryl methyl sites for hydroxylation is 2. The molecular weight excluding hydrogens is 1010 g/mol. The quantitative estimate of drug-likeness (QED) is 0.0364. The van der Waals surface area contributed by atoms with Crippen LogP contribution in [0.4, 0.5) is 23.3 Å². The van der Waals surface area contributed by atoms with Crippen molar-refractivity contribution in [3.8, 4) is 57.6 Å². The summed E-state index contributed by atoms with van der Waals surface area (Å²) >= 11 is 0. The van der Waals surface area contributed by atoms with Gasteiger partial charge in [0.2, 0.25) is 17.8 Å². The number of hydrogen-bond acceptors (Lipinski definition) is 15. The first-order chi connectivity index (χ1) is 35.2. The molecule has 19 heteroatoms. The first kappa shape index (κ1) is 68.1. The zero-order valence-electron chi connectivity index (χ0n) is 43.1. The monoisotopic (exact) mass is 1090 g/mol. The number of esters is 2. The summed E-state index contributed by atoms with van der Waals surface area (Å²) < 4.78 is 19.4. The van der Waals surface area contributed by atoms with Crippen molar-refractivity contribution in [3.05, 3.63) is 121 Å². The second kappa shape index (κ2) is 31.3. The molecule has 0 saturated carbocycles. The van der Waals surface area contributed by atoms with E-state index in [-0.39, 0.29) is 55.1 Å². The highest BCUT2D eigenvalue weighted by Crippen LogP contribution is 2.32. The minimum Gasteiger partial charge on any atom is -0.492 e. The van der Waals surface area contributed by atoms with Crippen LogP contribution in [0.1, 0.15) is 82.9 Å². The zero-order valence-corrected chi connectivity index (χ0v) is 44.1. The van der Waals surface area contributed by atoms with Crippen molar-refractivity contribution in [2.75, 3.05) is 23.8 Å². The molecule has 0 aliphatic rings. The van der Waals surface area contributed by atoms with Gasteiger partial charge in [-0.2, -0.15) is 10.2 Å². The van der Waals surface area contributed by atoms with E-state index >= 15 is 0 Å². The maximum absolute atomic E-state index is 11.3. The predicted molar refractivity (Wildman–Crippen MR) is 325 cm³/mol. The van der Waals surface area contributed by atoms with E-state index < -0.39 is 20.0 Å². The predicted octanol–water partition coefficient (Wildman–Crippen LogP) is 11.7. The van der Waals surface area contributed by atoms with Crippen molar-refractivity contribution in [1.82, 2.24) is 44.8 Å². The fraction of sp³-hybridized carbons (Fsp3) is 0.317. The molecule has 0 spiro atoms. The van der Waals surface area contributed by atoms with Crippen molar-refractivity contribution in [3.63, 3.8) is 0 Å². The number of hydrogen-bond donors (Lipinski definition) is 4. The first-order valence-electron chi connectivity index (χ1n) is 23.5. The lowest BCUT2D eigenvalue weighted by Gasteiger charge is -2.16. The largest absolute Gasteiger partial charge is 0.492 e. The second-order valence-electron chi connectivity index (χ2n) is 18.4. The van der Waals surface area contributed by atoms with Gasteiger partial charge in [-0.05, 0) is 85.6 Å². The Morgan fingerprint density at radius 2 is 1.10 bits per heavy atom. The summed E-state index contributed by atoms with van der Waals surface area (Å²) in [5.41, 5.74) is 18.1. The van der Waals surface area contributed by atoms with Gasteiger partial charge in [0.05, 0.1) is 29.5 Å². The number of benzene rings is 4. The number of carbonyl (C=O) groups is 3. The molecule has 0 bridgehead atoms. The second-order valence-corrected chi connectivity index (χ2v) is 23.2. The summed E-state index contributed by atoms with van der Waals surface area (Å²) in [6.45, 7) is 15.1. The highest BCUT2D eigenvalue weighted by atomic mass is 28.3. The van der Waals surface area contributed by atoms with E-state index in [0.29, 0.717) is 36.6 Å². The van der Waals surface area contributed by atoms with Crippen molar-refractivity contribution < 1.29 is 28.6 Å². The van der Waals surface area contributed by atoms with E-state index in [1.54, 1.807) is 21.8 Å². The number of anilines is 4. The fourth-order valence-electron chi connectivity index (χ4n) is 6.90. The fourth-order valence-corrected chi connectivity index (χ4v) is 7.41. The van der Waals surface area contributed by atoms with Crippen LogP contribution in [0.25, 0.3) is 44.1 Å². The van der Waals surface area contributed by atoms with Crippen molar-refractivity contribution in [2.24, 2.45) is 19.8 Å². The molecule has 0 aliphatic carbocycles. The van der Waals surface area contributed by atoms with Crippen LogP contribution in [0.15, 0.2) is 110 Å². The number of ether oxygens (including phenoxy) is 3. The number of nitrogens with two attached hydrogens (primary N) is 1. The number of nitrogens with one attached hydrogen (secondary N) is 3. The average molecular weight is 1090 g/mol. The van der Waals surface area contributed by atoms with Gasteiger partial charge in [0.1, 0.15) is 32.8 Å². The summed E-state index contributed by atoms with van der Waals surface area (Å²) in [5.74, 6) is 7.02. The van der Waals surface area contributed by atoms with E-state index in [2.05, 4.69) is 82.9 Å². The van der Waals surface area contributed by atoms with Crippen molar-refractivity contribution in [1.29, 1.82) is 0 Å². The zero-order chi connectivity index (χ0) is 53.5. The van der Waals surface area contributed by atoms with Crippen LogP contribution in [0.2, 0.25) is 19.6 Å². The van der Waals surface area contributed by atoms with Gasteiger partial charge < -0.3 is 35.9 Å². The van der Waals surface area contributed by atoms with Crippen molar-refractivity contribution >= 4 is 71.0 Å². The van der Waals surface area contributed by atoms with Crippen LogP contribution < -0.4 is 31.2 Å². The van der Waals surface area contributed by atoms with Crippen LogP contribution in [-0.2, 0) is 33.2 Å². The topological polar surface area (TPSA) is 228 Å². The van der Waals surface area contributed by atoms with Gasteiger partial charge in [0.25, 0.3) is 0 Å². The Morgan fingerprint density at radius 1 is 0.646 bits per heavy atom. The summed E-state index contributed by atoms with van der Waals surface area (Å²) in [6.07, 6.45) is 16.5. The molecule has 1 amide bonds. The van der Waals surface area contributed by atoms with Crippen LogP contribution in [-0.4, -0.2) is 90.7 Å². The lowest BCUT2D eigenvalue weighted by molar-refractivity contribution is -0.156. The van der Waals surface area contributed by atoms with E-state index in [1.165, 1.54) is 20.8 Å². The minimum absolute atomic E-state index is 0. The molecule has 4 aromatic heterocycles. The third-order valence-corrected chi connectivity index (χ3v) is 10.9. The van der Waals surface area contributed by atoms with Gasteiger partial charge in [-0.15, -0.1) is 12.0 Å². The van der Waals surface area contributed by atoms with Gasteiger partial charge in [0, 0.05) is 122 Å². The van der Waals surface area contributed by atoms with Crippen LogP contribution >= 0.6 is 0 Å². The maximum Gasteiger partial charge on any atom is 0.310 e. The van der Waals surface area contributed by atoms with Gasteiger partial charge >= 0.3 is 11.9 Å². The molecule has 0 saturated heterocycles. The van der Waals surface area contributed by atoms with Crippen molar-refractivity contribution in [2.45, 2.75) is 103 Å². The molecule has 18 nitrogen and oxygen atoms in total. The molecule has 0 fully saturated rings. The van der Waals surface area contributed by atoms with Crippen LogP contribution in [0, 0.1) is 23.8 Å². The lowest BCUT2D eigenvalue weighted by atomic mass is 10.1. The number of amides is 1. The van der Waals surface area contributed by atoms with Gasteiger partial charge in [-0.25, -0.2) is 19.9 Å². The number of rotatable bonds is 13. The molecule has 8 rings (SSSR count). The number of terminal acetylenes is 1. The number of aromatic nitrogens is 8. The Kier molecular flexibility index (Phi) is 27.0. The van der Waals surface area contributed by atoms with Crippen LogP contribution in [0.5, 0.6) is 11.5 Å². The molecule has 0 aliphatic heterocycles. The van der Waals surface area contributed by atoms with Gasteiger partial charge in [0.15, 0.2) is 0 Å². The molecule has 2 atom stereocenters. The molecule has 79 heavy (non-hydrogen) atoms. The Morgan fingerprint density at radius 3 is 1.49 bits per heavy atom.